The highest BCUT2D eigenvalue weighted by atomic mass is 32.1. The zero-order chi connectivity index (χ0) is 17.3. The van der Waals surface area contributed by atoms with Crippen molar-refractivity contribution >= 4 is 52.2 Å². The van der Waals surface area contributed by atoms with E-state index in [1.165, 1.54) is 21.8 Å². The first-order valence-corrected chi connectivity index (χ1v) is 8.79. The number of anilines is 1. The van der Waals surface area contributed by atoms with Gasteiger partial charge in [0.2, 0.25) is 0 Å². The van der Waals surface area contributed by atoms with Gasteiger partial charge in [0.25, 0.3) is 11.8 Å². The van der Waals surface area contributed by atoms with E-state index in [0.717, 1.165) is 16.2 Å². The van der Waals surface area contributed by atoms with E-state index in [-0.39, 0.29) is 10.7 Å². The summed E-state index contributed by atoms with van der Waals surface area (Å²) >= 11 is 6.72. The maximum atomic E-state index is 12.8. The molecule has 0 bridgehead atoms. The third-order valence-corrected chi connectivity index (χ3v) is 4.98. The zero-order valence-corrected chi connectivity index (χ0v) is 15.0. The molecule has 0 spiro atoms. The molecule has 0 aliphatic carbocycles. The number of rotatable bonds is 3. The van der Waals surface area contributed by atoms with Crippen molar-refractivity contribution in [3.05, 3.63) is 57.3 Å². The van der Waals surface area contributed by atoms with Crippen molar-refractivity contribution in [3.8, 4) is 0 Å². The summed E-state index contributed by atoms with van der Waals surface area (Å²) in [4.78, 5) is 28.4. The summed E-state index contributed by atoms with van der Waals surface area (Å²) in [6.07, 6.45) is 2.53. The van der Waals surface area contributed by atoms with Crippen molar-refractivity contribution in [1.29, 1.82) is 0 Å². The van der Waals surface area contributed by atoms with Crippen molar-refractivity contribution in [2.45, 2.75) is 20.3 Å². The van der Waals surface area contributed by atoms with Crippen LogP contribution in [0.25, 0.3) is 6.08 Å². The predicted molar refractivity (Wildman–Crippen MR) is 101 cm³/mol. The van der Waals surface area contributed by atoms with Crippen LogP contribution >= 0.6 is 23.6 Å². The number of benzene rings is 1. The van der Waals surface area contributed by atoms with Crippen molar-refractivity contribution in [2.24, 2.45) is 0 Å². The van der Waals surface area contributed by atoms with Gasteiger partial charge >= 0.3 is 0 Å². The molecule has 4 nitrogen and oxygen atoms in total. The Morgan fingerprint density at radius 1 is 1.17 bits per heavy atom. The van der Waals surface area contributed by atoms with Crippen LogP contribution in [0.5, 0.6) is 0 Å². The minimum atomic E-state index is -0.461. The Balaban J connectivity index is 1.97. The standard InChI is InChI=1S/C18H16N2O2S2/c1-3-12-5-7-13(8-6-12)20-17(22)15(16(21)19-18(20)23)10-14-9-4-11(2)24-14/h4-10H,3H2,1-2H3,(H,19,21,23)/b15-10+. The number of hydrogen-bond donors (Lipinski definition) is 1. The number of hydrogen-bond acceptors (Lipinski definition) is 4. The molecule has 3 rings (SSSR count). The Morgan fingerprint density at radius 2 is 1.88 bits per heavy atom. The van der Waals surface area contributed by atoms with Gasteiger partial charge in [0.1, 0.15) is 5.57 Å². The van der Waals surface area contributed by atoms with E-state index in [1.807, 2.05) is 43.3 Å². The summed E-state index contributed by atoms with van der Waals surface area (Å²) in [5, 5.41) is 2.70. The van der Waals surface area contributed by atoms with E-state index >= 15 is 0 Å². The molecule has 1 aliphatic heterocycles. The minimum absolute atomic E-state index is 0.0880. The first kappa shape index (κ1) is 16.5. The van der Waals surface area contributed by atoms with Crippen LogP contribution in [-0.2, 0) is 16.0 Å². The average molecular weight is 356 g/mol. The number of amides is 2. The van der Waals surface area contributed by atoms with E-state index in [9.17, 15) is 9.59 Å². The third kappa shape index (κ3) is 3.16. The monoisotopic (exact) mass is 356 g/mol. The van der Waals surface area contributed by atoms with E-state index < -0.39 is 11.8 Å². The molecule has 1 saturated heterocycles. The number of nitrogens with zero attached hydrogens (tertiary/aromatic N) is 1. The van der Waals surface area contributed by atoms with Crippen LogP contribution in [0.3, 0.4) is 0 Å². The second-order valence-electron chi connectivity index (χ2n) is 5.43. The summed E-state index contributed by atoms with van der Waals surface area (Å²) in [6.45, 7) is 4.04. The molecule has 0 unspecified atom stereocenters. The topological polar surface area (TPSA) is 49.4 Å². The Labute approximate surface area is 149 Å². The Morgan fingerprint density at radius 3 is 2.46 bits per heavy atom. The van der Waals surface area contributed by atoms with Gasteiger partial charge in [-0.25, -0.2) is 0 Å². The lowest BCUT2D eigenvalue weighted by molar-refractivity contribution is -0.122. The van der Waals surface area contributed by atoms with Gasteiger partial charge in [0.05, 0.1) is 5.69 Å². The molecule has 1 aromatic carbocycles. The molecule has 0 radical (unpaired) electrons. The Bertz CT molecular complexity index is 850. The number of carbonyl (C=O) groups excluding carboxylic acids is 2. The lowest BCUT2D eigenvalue weighted by Crippen LogP contribution is -2.54. The van der Waals surface area contributed by atoms with Crippen LogP contribution in [0.1, 0.15) is 22.2 Å². The molecule has 1 aliphatic rings. The molecule has 0 saturated carbocycles. The average Bonchev–Trinajstić information content (AvgIpc) is 2.97. The number of thiocarbonyl (C=S) groups is 1. The number of carbonyl (C=O) groups is 2. The highest BCUT2D eigenvalue weighted by Gasteiger charge is 2.34. The largest absolute Gasteiger partial charge is 0.298 e. The molecular weight excluding hydrogens is 340 g/mol. The third-order valence-electron chi connectivity index (χ3n) is 3.75. The molecule has 2 amide bonds. The van der Waals surface area contributed by atoms with E-state index in [2.05, 4.69) is 12.2 Å². The fourth-order valence-corrected chi connectivity index (χ4v) is 3.55. The fraction of sp³-hybridized carbons (Fsp3) is 0.167. The van der Waals surface area contributed by atoms with Gasteiger partial charge in [-0.15, -0.1) is 11.3 Å². The summed E-state index contributed by atoms with van der Waals surface area (Å²) in [7, 11) is 0. The highest BCUT2D eigenvalue weighted by molar-refractivity contribution is 7.80. The molecule has 24 heavy (non-hydrogen) atoms. The second kappa shape index (κ2) is 6.67. The highest BCUT2D eigenvalue weighted by Crippen LogP contribution is 2.24. The summed E-state index contributed by atoms with van der Waals surface area (Å²) in [6, 6.07) is 11.4. The molecule has 2 heterocycles. The van der Waals surface area contributed by atoms with Crippen LogP contribution in [0, 0.1) is 6.92 Å². The van der Waals surface area contributed by atoms with Crippen LogP contribution in [0.4, 0.5) is 5.69 Å². The van der Waals surface area contributed by atoms with Gasteiger partial charge in [-0.05, 0) is 61.5 Å². The first-order valence-electron chi connectivity index (χ1n) is 7.56. The molecule has 2 aromatic rings. The van der Waals surface area contributed by atoms with E-state index in [4.69, 9.17) is 12.2 Å². The summed E-state index contributed by atoms with van der Waals surface area (Å²) < 4.78 is 0. The molecule has 6 heteroatoms. The quantitative estimate of drug-likeness (QED) is 0.521. The smallest absolute Gasteiger partial charge is 0.270 e. The zero-order valence-electron chi connectivity index (χ0n) is 13.3. The van der Waals surface area contributed by atoms with E-state index in [0.29, 0.717) is 5.69 Å². The van der Waals surface area contributed by atoms with Gasteiger partial charge in [-0.2, -0.15) is 0 Å². The fourth-order valence-electron chi connectivity index (χ4n) is 2.45. The number of thiophene rings is 1. The van der Waals surface area contributed by atoms with Crippen molar-refractivity contribution < 1.29 is 9.59 Å². The molecule has 0 atom stereocenters. The van der Waals surface area contributed by atoms with Gasteiger partial charge in [-0.3, -0.25) is 19.8 Å². The Kier molecular flexibility index (Phi) is 4.59. The maximum absolute atomic E-state index is 12.8. The van der Waals surface area contributed by atoms with Crippen LogP contribution < -0.4 is 10.2 Å². The normalized spacial score (nSPS) is 16.7. The molecular formula is C18H16N2O2S2. The first-order chi connectivity index (χ1) is 11.5. The second-order valence-corrected chi connectivity index (χ2v) is 7.13. The van der Waals surface area contributed by atoms with Gasteiger partial charge in [0, 0.05) is 9.75 Å². The van der Waals surface area contributed by atoms with E-state index in [1.54, 1.807) is 6.08 Å². The Hall–Kier alpha value is -2.31. The van der Waals surface area contributed by atoms with Gasteiger partial charge in [-0.1, -0.05) is 19.1 Å². The number of nitrogens with one attached hydrogen (secondary N) is 1. The maximum Gasteiger partial charge on any atom is 0.270 e. The summed E-state index contributed by atoms with van der Waals surface area (Å²) in [5.74, 6) is -0.864. The molecule has 1 N–H and O–H groups in total. The molecule has 122 valence electrons. The van der Waals surface area contributed by atoms with Crippen LogP contribution in [0.15, 0.2) is 42.0 Å². The molecule has 1 fully saturated rings. The SMILES string of the molecule is CCc1ccc(N2C(=O)/C(=C/c3ccc(C)s3)C(=O)NC2=S)cc1. The van der Waals surface area contributed by atoms with Gasteiger partial charge < -0.3 is 0 Å². The number of aryl methyl sites for hydroxylation is 2. The van der Waals surface area contributed by atoms with Gasteiger partial charge in [0.15, 0.2) is 5.11 Å². The molecule has 1 aromatic heterocycles. The van der Waals surface area contributed by atoms with Crippen molar-refractivity contribution in [2.75, 3.05) is 4.90 Å². The minimum Gasteiger partial charge on any atom is -0.298 e. The lowest BCUT2D eigenvalue weighted by atomic mass is 10.1. The van der Waals surface area contributed by atoms with Crippen LogP contribution in [0.2, 0.25) is 0 Å². The van der Waals surface area contributed by atoms with Crippen LogP contribution in [-0.4, -0.2) is 16.9 Å². The van der Waals surface area contributed by atoms with Crippen molar-refractivity contribution in [3.63, 3.8) is 0 Å². The predicted octanol–water partition coefficient (Wildman–Crippen LogP) is 3.45. The lowest BCUT2D eigenvalue weighted by Gasteiger charge is -2.29. The van der Waals surface area contributed by atoms with Crippen molar-refractivity contribution in [1.82, 2.24) is 5.32 Å². The summed E-state index contributed by atoms with van der Waals surface area (Å²) in [5.41, 5.74) is 1.91.